The molecule has 0 spiro atoms. The average molecular weight is 271 g/mol. The molecule has 1 fully saturated rings. The van der Waals surface area contributed by atoms with E-state index < -0.39 is 5.91 Å². The summed E-state index contributed by atoms with van der Waals surface area (Å²) in [6, 6.07) is 6.33. The number of imidazole rings is 1. The Morgan fingerprint density at radius 2 is 2.05 bits per heavy atom. The Kier molecular flexibility index (Phi) is 3.37. The summed E-state index contributed by atoms with van der Waals surface area (Å²) < 4.78 is 2.00. The molecule has 3 rings (SSSR count). The van der Waals surface area contributed by atoms with Crippen molar-refractivity contribution in [3.8, 4) is 0 Å². The number of amides is 1. The first-order chi connectivity index (χ1) is 9.74. The van der Waals surface area contributed by atoms with E-state index in [2.05, 4.69) is 14.9 Å². The molecule has 0 aliphatic carbocycles. The molecule has 3 heterocycles. The minimum absolute atomic E-state index is 0.331. The number of piperidine rings is 1. The van der Waals surface area contributed by atoms with E-state index in [-0.39, 0.29) is 0 Å². The zero-order chi connectivity index (χ0) is 13.9. The SMILES string of the molecule is NC(=O)c1cn(C2CCN(c3ccccn3)CC2)cn1. The third-order valence-electron chi connectivity index (χ3n) is 3.71. The number of nitrogens with zero attached hydrogens (tertiary/aromatic N) is 4. The van der Waals surface area contributed by atoms with E-state index in [0.29, 0.717) is 11.7 Å². The zero-order valence-corrected chi connectivity index (χ0v) is 11.1. The summed E-state index contributed by atoms with van der Waals surface area (Å²) in [6.45, 7) is 1.90. The van der Waals surface area contributed by atoms with E-state index in [4.69, 9.17) is 5.73 Å². The van der Waals surface area contributed by atoms with Gasteiger partial charge >= 0.3 is 0 Å². The molecule has 104 valence electrons. The van der Waals surface area contributed by atoms with E-state index in [1.165, 1.54) is 0 Å². The maximum absolute atomic E-state index is 11.1. The van der Waals surface area contributed by atoms with Crippen LogP contribution in [0.15, 0.2) is 36.9 Å². The maximum atomic E-state index is 11.1. The van der Waals surface area contributed by atoms with Crippen molar-refractivity contribution in [1.82, 2.24) is 14.5 Å². The summed E-state index contributed by atoms with van der Waals surface area (Å²) >= 11 is 0. The van der Waals surface area contributed by atoms with Gasteiger partial charge in [0, 0.05) is 31.5 Å². The van der Waals surface area contributed by atoms with Gasteiger partial charge in [0.15, 0.2) is 0 Å². The molecule has 0 radical (unpaired) electrons. The van der Waals surface area contributed by atoms with Crippen molar-refractivity contribution in [2.24, 2.45) is 5.73 Å². The molecule has 20 heavy (non-hydrogen) atoms. The van der Waals surface area contributed by atoms with E-state index in [0.717, 1.165) is 31.7 Å². The van der Waals surface area contributed by atoms with Crippen molar-refractivity contribution < 1.29 is 4.79 Å². The van der Waals surface area contributed by atoms with Crippen molar-refractivity contribution in [3.63, 3.8) is 0 Å². The average Bonchev–Trinajstić information content (AvgIpc) is 2.98. The molecule has 1 saturated heterocycles. The number of rotatable bonds is 3. The maximum Gasteiger partial charge on any atom is 0.268 e. The van der Waals surface area contributed by atoms with Crippen LogP contribution in [0.3, 0.4) is 0 Å². The van der Waals surface area contributed by atoms with Gasteiger partial charge in [-0.25, -0.2) is 9.97 Å². The fraction of sp³-hybridized carbons (Fsp3) is 0.357. The Hall–Kier alpha value is -2.37. The zero-order valence-electron chi connectivity index (χ0n) is 11.1. The smallest absolute Gasteiger partial charge is 0.268 e. The third kappa shape index (κ3) is 2.49. The molecule has 2 aromatic rings. The number of primary amides is 1. The highest BCUT2D eigenvalue weighted by molar-refractivity contribution is 5.90. The summed E-state index contributed by atoms with van der Waals surface area (Å²) in [5, 5.41) is 0. The number of hydrogen-bond acceptors (Lipinski definition) is 4. The van der Waals surface area contributed by atoms with E-state index in [1.54, 1.807) is 12.5 Å². The lowest BCUT2D eigenvalue weighted by molar-refractivity contribution is 0.0996. The minimum Gasteiger partial charge on any atom is -0.364 e. The molecule has 0 atom stereocenters. The first-order valence-corrected chi connectivity index (χ1v) is 6.73. The lowest BCUT2D eigenvalue weighted by atomic mass is 10.0. The number of pyridine rings is 1. The molecule has 2 aromatic heterocycles. The van der Waals surface area contributed by atoms with Crippen molar-refractivity contribution >= 4 is 11.7 Å². The highest BCUT2D eigenvalue weighted by Gasteiger charge is 2.21. The van der Waals surface area contributed by atoms with Crippen LogP contribution < -0.4 is 10.6 Å². The van der Waals surface area contributed by atoms with Crippen LogP contribution in [0.25, 0.3) is 0 Å². The van der Waals surface area contributed by atoms with Gasteiger partial charge in [0.25, 0.3) is 5.91 Å². The Balaban J connectivity index is 1.65. The van der Waals surface area contributed by atoms with Gasteiger partial charge in [0.1, 0.15) is 11.5 Å². The Morgan fingerprint density at radius 1 is 1.25 bits per heavy atom. The molecule has 1 aliphatic heterocycles. The van der Waals surface area contributed by atoms with Crippen LogP contribution in [0.4, 0.5) is 5.82 Å². The molecule has 0 bridgehead atoms. The second-order valence-corrected chi connectivity index (χ2v) is 4.98. The van der Waals surface area contributed by atoms with E-state index in [9.17, 15) is 4.79 Å². The molecular weight excluding hydrogens is 254 g/mol. The Labute approximate surface area is 117 Å². The highest BCUT2D eigenvalue weighted by Crippen LogP contribution is 2.25. The van der Waals surface area contributed by atoms with Crippen LogP contribution >= 0.6 is 0 Å². The van der Waals surface area contributed by atoms with Gasteiger partial charge in [0.05, 0.1) is 6.33 Å². The minimum atomic E-state index is -0.477. The third-order valence-corrected chi connectivity index (χ3v) is 3.71. The predicted octanol–water partition coefficient (Wildman–Crippen LogP) is 1.22. The van der Waals surface area contributed by atoms with Gasteiger partial charge < -0.3 is 15.2 Å². The van der Waals surface area contributed by atoms with Crippen molar-refractivity contribution in [1.29, 1.82) is 0 Å². The quantitative estimate of drug-likeness (QED) is 0.910. The molecule has 0 saturated carbocycles. The van der Waals surface area contributed by atoms with Gasteiger partial charge in [-0.2, -0.15) is 0 Å². The van der Waals surface area contributed by atoms with Crippen molar-refractivity contribution in [2.45, 2.75) is 18.9 Å². The van der Waals surface area contributed by atoms with Crippen LogP contribution in [0, 0.1) is 0 Å². The molecule has 1 aliphatic rings. The lowest BCUT2D eigenvalue weighted by Crippen LogP contribution is -2.34. The normalized spacial score (nSPS) is 16.3. The molecule has 0 aromatic carbocycles. The summed E-state index contributed by atoms with van der Waals surface area (Å²) in [5.41, 5.74) is 5.55. The van der Waals surface area contributed by atoms with Gasteiger partial charge in [-0.3, -0.25) is 4.79 Å². The fourth-order valence-electron chi connectivity index (χ4n) is 2.60. The van der Waals surface area contributed by atoms with Gasteiger partial charge in [-0.05, 0) is 25.0 Å². The summed E-state index contributed by atoms with van der Waals surface area (Å²) in [7, 11) is 0. The standard InChI is InChI=1S/C14H17N5O/c15-14(20)12-9-19(10-17-12)11-4-7-18(8-5-11)13-3-1-2-6-16-13/h1-3,6,9-11H,4-5,7-8H2,(H2,15,20). The van der Waals surface area contributed by atoms with Crippen LogP contribution in [0.2, 0.25) is 0 Å². The van der Waals surface area contributed by atoms with E-state index >= 15 is 0 Å². The number of aromatic nitrogens is 3. The summed E-state index contributed by atoms with van der Waals surface area (Å²) in [4.78, 5) is 21.7. The van der Waals surface area contributed by atoms with Crippen LogP contribution in [-0.4, -0.2) is 33.5 Å². The largest absolute Gasteiger partial charge is 0.364 e. The fourth-order valence-corrected chi connectivity index (χ4v) is 2.60. The summed E-state index contributed by atoms with van der Waals surface area (Å²) in [6.07, 6.45) is 7.26. The van der Waals surface area contributed by atoms with Crippen LogP contribution in [-0.2, 0) is 0 Å². The molecule has 6 nitrogen and oxygen atoms in total. The van der Waals surface area contributed by atoms with E-state index in [1.807, 2.05) is 29.0 Å². The number of carbonyl (C=O) groups excluding carboxylic acids is 1. The van der Waals surface area contributed by atoms with Gasteiger partial charge in [0.2, 0.25) is 0 Å². The monoisotopic (exact) mass is 271 g/mol. The molecule has 6 heteroatoms. The van der Waals surface area contributed by atoms with Crippen LogP contribution in [0.1, 0.15) is 29.4 Å². The highest BCUT2D eigenvalue weighted by atomic mass is 16.1. The Morgan fingerprint density at radius 3 is 2.65 bits per heavy atom. The number of hydrogen-bond donors (Lipinski definition) is 1. The molecule has 0 unspecified atom stereocenters. The number of nitrogens with two attached hydrogens (primary N) is 1. The molecule has 2 N–H and O–H groups in total. The molecule has 1 amide bonds. The first kappa shape index (κ1) is 12.7. The number of anilines is 1. The first-order valence-electron chi connectivity index (χ1n) is 6.73. The predicted molar refractivity (Wildman–Crippen MR) is 75.5 cm³/mol. The lowest BCUT2D eigenvalue weighted by Gasteiger charge is -2.33. The summed E-state index contributed by atoms with van der Waals surface area (Å²) in [5.74, 6) is 0.545. The van der Waals surface area contributed by atoms with Gasteiger partial charge in [-0.1, -0.05) is 6.07 Å². The van der Waals surface area contributed by atoms with Crippen LogP contribution in [0.5, 0.6) is 0 Å². The van der Waals surface area contributed by atoms with Crippen molar-refractivity contribution in [2.75, 3.05) is 18.0 Å². The van der Waals surface area contributed by atoms with Crippen molar-refractivity contribution in [3.05, 3.63) is 42.6 Å². The number of carbonyl (C=O) groups is 1. The second-order valence-electron chi connectivity index (χ2n) is 4.98. The van der Waals surface area contributed by atoms with Gasteiger partial charge in [-0.15, -0.1) is 0 Å². The topological polar surface area (TPSA) is 77.0 Å². The second kappa shape index (κ2) is 5.32. The molecular formula is C14H17N5O. The Bertz CT molecular complexity index is 587.